The molecule has 0 heterocycles. The van der Waals surface area contributed by atoms with Gasteiger partial charge in [-0.3, -0.25) is 4.79 Å². The average molecular weight is 304 g/mol. The third-order valence-corrected chi connectivity index (χ3v) is 3.77. The summed E-state index contributed by atoms with van der Waals surface area (Å²) in [6.45, 7) is 3.90. The third-order valence-electron chi connectivity index (χ3n) is 3.77. The summed E-state index contributed by atoms with van der Waals surface area (Å²) >= 11 is 0. The number of hydrogen-bond acceptors (Lipinski definition) is 4. The normalized spacial score (nSPS) is 13.0. The first-order chi connectivity index (χ1) is 10.5. The van der Waals surface area contributed by atoms with Crippen LogP contribution in [0.4, 0.5) is 5.69 Å². The molecule has 120 valence electrons. The molecule has 0 bridgehead atoms. The predicted molar refractivity (Wildman–Crippen MR) is 85.9 cm³/mol. The van der Waals surface area contributed by atoms with Crippen molar-refractivity contribution in [3.05, 3.63) is 23.8 Å². The van der Waals surface area contributed by atoms with Gasteiger partial charge in [0, 0.05) is 12.8 Å². The van der Waals surface area contributed by atoms with Crippen LogP contribution in [0, 0.1) is 11.3 Å². The number of amides is 1. The quantitative estimate of drug-likeness (QED) is 0.746. The van der Waals surface area contributed by atoms with E-state index >= 15 is 0 Å². The lowest BCUT2D eigenvalue weighted by Gasteiger charge is -2.27. The topological polar surface area (TPSA) is 71.3 Å². The first-order valence-corrected chi connectivity index (χ1v) is 7.45. The van der Waals surface area contributed by atoms with Gasteiger partial charge in [-0.2, -0.15) is 5.26 Å². The average Bonchev–Trinajstić information content (AvgIpc) is 2.54. The summed E-state index contributed by atoms with van der Waals surface area (Å²) in [6, 6.07) is 7.01. The molecule has 1 aromatic carbocycles. The summed E-state index contributed by atoms with van der Waals surface area (Å²) in [5.74, 6) is 0.276. The Morgan fingerprint density at radius 1 is 1.36 bits per heavy atom. The van der Waals surface area contributed by atoms with E-state index in [1.807, 2.05) is 6.07 Å². The maximum absolute atomic E-state index is 12.5. The molecule has 0 aromatic heterocycles. The standard InChI is InChI=1S/C17H24N2O3/c1-5-6-7-10-17(2,22-4)16(20)19-14-8-9-15(21-3)13(11-14)12-18/h8-9,11H,5-7,10H2,1-4H3,(H,19,20)/t17-/m0/s1. The molecule has 0 spiro atoms. The van der Waals surface area contributed by atoms with E-state index in [9.17, 15) is 4.79 Å². The number of anilines is 1. The second kappa shape index (κ2) is 8.40. The van der Waals surface area contributed by atoms with Crippen LogP contribution in [0.15, 0.2) is 18.2 Å². The molecule has 0 saturated heterocycles. The summed E-state index contributed by atoms with van der Waals surface area (Å²) in [6.07, 6.45) is 3.74. The number of ether oxygens (including phenoxy) is 2. The number of rotatable bonds is 8. The second-order valence-electron chi connectivity index (χ2n) is 5.37. The highest BCUT2D eigenvalue weighted by Crippen LogP contribution is 2.24. The molecule has 5 nitrogen and oxygen atoms in total. The van der Waals surface area contributed by atoms with Crippen molar-refractivity contribution in [2.45, 2.75) is 45.1 Å². The Bertz CT molecular complexity index is 551. The Morgan fingerprint density at radius 3 is 2.64 bits per heavy atom. The second-order valence-corrected chi connectivity index (χ2v) is 5.37. The van der Waals surface area contributed by atoms with E-state index in [1.165, 1.54) is 7.11 Å². The number of carbonyl (C=O) groups is 1. The molecule has 0 radical (unpaired) electrons. The SMILES string of the molecule is CCCCC[C@](C)(OC)C(=O)Nc1ccc(OC)c(C#N)c1. The highest BCUT2D eigenvalue weighted by molar-refractivity contribution is 5.97. The fraction of sp³-hybridized carbons (Fsp3) is 0.529. The molecule has 1 amide bonds. The minimum atomic E-state index is -0.873. The van der Waals surface area contributed by atoms with Crippen LogP contribution in [0.25, 0.3) is 0 Å². The Kier molecular flexibility index (Phi) is 6.87. The van der Waals surface area contributed by atoms with Gasteiger partial charge >= 0.3 is 0 Å². The van der Waals surface area contributed by atoms with Gasteiger partial charge in [0.2, 0.25) is 0 Å². The molecule has 0 aliphatic heterocycles. The number of nitrogens with zero attached hydrogens (tertiary/aromatic N) is 1. The number of hydrogen-bond donors (Lipinski definition) is 1. The Morgan fingerprint density at radius 2 is 2.09 bits per heavy atom. The van der Waals surface area contributed by atoms with E-state index in [0.717, 1.165) is 19.3 Å². The number of nitrogens with one attached hydrogen (secondary N) is 1. The smallest absolute Gasteiger partial charge is 0.256 e. The van der Waals surface area contributed by atoms with E-state index in [1.54, 1.807) is 32.2 Å². The summed E-state index contributed by atoms with van der Waals surface area (Å²) in [4.78, 5) is 12.5. The van der Waals surface area contributed by atoms with Crippen LogP contribution in [0.1, 0.15) is 45.1 Å². The molecular weight excluding hydrogens is 280 g/mol. The van der Waals surface area contributed by atoms with Crippen LogP contribution in [0.2, 0.25) is 0 Å². The monoisotopic (exact) mass is 304 g/mol. The minimum absolute atomic E-state index is 0.208. The van der Waals surface area contributed by atoms with Gasteiger partial charge < -0.3 is 14.8 Å². The van der Waals surface area contributed by atoms with Crippen LogP contribution in [0.3, 0.4) is 0 Å². The number of carbonyl (C=O) groups excluding carboxylic acids is 1. The molecule has 0 fully saturated rings. The molecular formula is C17H24N2O3. The van der Waals surface area contributed by atoms with Crippen molar-refractivity contribution in [2.75, 3.05) is 19.5 Å². The molecule has 1 rings (SSSR count). The Balaban J connectivity index is 2.84. The summed E-state index contributed by atoms with van der Waals surface area (Å²) in [7, 11) is 3.05. The fourth-order valence-electron chi connectivity index (χ4n) is 2.16. The molecule has 22 heavy (non-hydrogen) atoms. The largest absolute Gasteiger partial charge is 0.495 e. The van der Waals surface area contributed by atoms with Crippen molar-refractivity contribution in [3.63, 3.8) is 0 Å². The van der Waals surface area contributed by atoms with Gasteiger partial charge in [0.15, 0.2) is 0 Å². The van der Waals surface area contributed by atoms with Crippen molar-refractivity contribution in [2.24, 2.45) is 0 Å². The first kappa shape index (κ1) is 18.0. The van der Waals surface area contributed by atoms with Crippen molar-refractivity contribution < 1.29 is 14.3 Å². The van der Waals surface area contributed by atoms with Gasteiger partial charge in [0.25, 0.3) is 5.91 Å². The summed E-state index contributed by atoms with van der Waals surface area (Å²) in [5.41, 5.74) is 0.0635. The van der Waals surface area contributed by atoms with E-state index < -0.39 is 5.60 Å². The molecule has 0 aliphatic rings. The molecule has 0 aliphatic carbocycles. The number of unbranched alkanes of at least 4 members (excludes halogenated alkanes) is 2. The minimum Gasteiger partial charge on any atom is -0.495 e. The number of methoxy groups -OCH3 is 2. The Hall–Kier alpha value is -2.06. The Labute approximate surface area is 132 Å². The fourth-order valence-corrected chi connectivity index (χ4v) is 2.16. The first-order valence-electron chi connectivity index (χ1n) is 7.45. The maximum Gasteiger partial charge on any atom is 0.256 e. The van der Waals surface area contributed by atoms with E-state index in [2.05, 4.69) is 12.2 Å². The molecule has 0 unspecified atom stereocenters. The summed E-state index contributed by atoms with van der Waals surface area (Å²) in [5, 5.41) is 11.9. The molecule has 1 aromatic rings. The lowest BCUT2D eigenvalue weighted by atomic mass is 9.97. The van der Waals surface area contributed by atoms with Crippen molar-refractivity contribution in [3.8, 4) is 11.8 Å². The molecule has 0 saturated carbocycles. The highest BCUT2D eigenvalue weighted by atomic mass is 16.5. The lowest BCUT2D eigenvalue weighted by molar-refractivity contribution is -0.136. The number of nitriles is 1. The van der Waals surface area contributed by atoms with Gasteiger partial charge in [0.1, 0.15) is 17.4 Å². The van der Waals surface area contributed by atoms with Crippen LogP contribution in [-0.4, -0.2) is 25.7 Å². The van der Waals surface area contributed by atoms with Crippen LogP contribution >= 0.6 is 0 Å². The predicted octanol–water partition coefficient (Wildman–Crippen LogP) is 3.49. The lowest BCUT2D eigenvalue weighted by Crippen LogP contribution is -2.41. The van der Waals surface area contributed by atoms with Crippen molar-refractivity contribution in [1.82, 2.24) is 0 Å². The van der Waals surface area contributed by atoms with Crippen molar-refractivity contribution in [1.29, 1.82) is 5.26 Å². The van der Waals surface area contributed by atoms with Gasteiger partial charge in [0.05, 0.1) is 12.7 Å². The zero-order chi connectivity index (χ0) is 16.6. The van der Waals surface area contributed by atoms with Gasteiger partial charge in [-0.1, -0.05) is 26.2 Å². The van der Waals surface area contributed by atoms with Crippen LogP contribution in [0.5, 0.6) is 5.75 Å². The molecule has 5 heteroatoms. The van der Waals surface area contributed by atoms with E-state index in [0.29, 0.717) is 23.4 Å². The van der Waals surface area contributed by atoms with Gasteiger partial charge in [-0.05, 0) is 31.5 Å². The van der Waals surface area contributed by atoms with E-state index in [-0.39, 0.29) is 5.91 Å². The maximum atomic E-state index is 12.5. The molecule has 1 atom stereocenters. The van der Waals surface area contributed by atoms with Gasteiger partial charge in [-0.15, -0.1) is 0 Å². The highest BCUT2D eigenvalue weighted by Gasteiger charge is 2.32. The zero-order valence-electron chi connectivity index (χ0n) is 13.7. The van der Waals surface area contributed by atoms with Crippen molar-refractivity contribution >= 4 is 11.6 Å². The molecule has 1 N–H and O–H groups in total. The van der Waals surface area contributed by atoms with Crippen LogP contribution in [-0.2, 0) is 9.53 Å². The van der Waals surface area contributed by atoms with Gasteiger partial charge in [-0.25, -0.2) is 0 Å². The van der Waals surface area contributed by atoms with E-state index in [4.69, 9.17) is 14.7 Å². The summed E-state index contributed by atoms with van der Waals surface area (Å²) < 4.78 is 10.5. The third kappa shape index (κ3) is 4.47. The van der Waals surface area contributed by atoms with Crippen LogP contribution < -0.4 is 10.1 Å². The zero-order valence-corrected chi connectivity index (χ0v) is 13.7. The number of benzene rings is 1.